The molecular weight excluding hydrogens is 206 g/mol. The van der Waals surface area contributed by atoms with E-state index >= 15 is 0 Å². The number of carboxylic acids is 2. The van der Waals surface area contributed by atoms with Gasteiger partial charge in [-0.1, -0.05) is 0 Å². The Hall–Kier alpha value is -1.76. The van der Waals surface area contributed by atoms with Gasteiger partial charge in [-0.15, -0.1) is 0 Å². The highest BCUT2D eigenvalue weighted by molar-refractivity contribution is 5.67. The van der Waals surface area contributed by atoms with Gasteiger partial charge in [-0.05, 0) is 6.58 Å². The second-order valence-electron chi connectivity index (χ2n) is 2.76. The van der Waals surface area contributed by atoms with Gasteiger partial charge >= 0.3 is 11.9 Å². The molecule has 0 saturated carbocycles. The van der Waals surface area contributed by atoms with E-state index in [-0.39, 0.29) is 31.8 Å². The van der Waals surface area contributed by atoms with Crippen molar-refractivity contribution in [3.63, 3.8) is 0 Å². The van der Waals surface area contributed by atoms with E-state index in [1.807, 2.05) is 0 Å². The van der Waals surface area contributed by atoms with Gasteiger partial charge in [0, 0.05) is 13.1 Å². The number of carbonyl (C=O) groups is 2. The van der Waals surface area contributed by atoms with Crippen molar-refractivity contribution < 1.29 is 29.9 Å². The van der Waals surface area contributed by atoms with Crippen LogP contribution in [0.15, 0.2) is 12.5 Å². The van der Waals surface area contributed by atoms with Crippen LogP contribution in [0, 0.1) is 0 Å². The Morgan fingerprint density at radius 1 is 1.13 bits per heavy atom. The molecule has 0 saturated heterocycles. The molecule has 0 aromatic heterocycles. The first-order valence-electron chi connectivity index (χ1n) is 4.16. The van der Waals surface area contributed by atoms with Crippen LogP contribution in [0.4, 0.5) is 0 Å². The maximum Gasteiger partial charge on any atom is 0.305 e. The Morgan fingerprint density at radius 3 is 1.80 bits per heavy atom. The van der Waals surface area contributed by atoms with Gasteiger partial charge in [0.25, 0.3) is 0 Å². The van der Waals surface area contributed by atoms with Crippen molar-refractivity contribution in [1.29, 1.82) is 0 Å². The lowest BCUT2D eigenvalue weighted by Gasteiger charge is -2.22. The van der Waals surface area contributed by atoms with Crippen LogP contribution in [-0.2, 0) is 14.5 Å². The van der Waals surface area contributed by atoms with Crippen LogP contribution in [0.5, 0.6) is 0 Å². The quantitative estimate of drug-likeness (QED) is 0.304. The molecule has 0 aliphatic heterocycles. The number of nitrogens with zero attached hydrogens (tertiary/aromatic N) is 1. The molecule has 7 heteroatoms. The van der Waals surface area contributed by atoms with Gasteiger partial charge in [-0.3, -0.25) is 9.59 Å². The van der Waals surface area contributed by atoms with Crippen molar-refractivity contribution in [2.75, 3.05) is 13.1 Å². The lowest BCUT2D eigenvalue weighted by molar-refractivity contribution is -0.224. The zero-order valence-electron chi connectivity index (χ0n) is 8.05. The fourth-order valence-electron chi connectivity index (χ4n) is 0.880. The van der Waals surface area contributed by atoms with Crippen LogP contribution in [0.2, 0.25) is 0 Å². The first kappa shape index (κ1) is 13.2. The fourth-order valence-corrected chi connectivity index (χ4v) is 0.880. The van der Waals surface area contributed by atoms with Crippen LogP contribution in [0.25, 0.3) is 0 Å². The molecule has 0 aromatic carbocycles. The second kappa shape index (κ2) is 6.66. The molecule has 0 aromatic rings. The van der Waals surface area contributed by atoms with Crippen molar-refractivity contribution in [3.8, 4) is 0 Å². The maximum atomic E-state index is 10.3. The molecule has 0 fully saturated rings. The summed E-state index contributed by atoms with van der Waals surface area (Å²) in [7, 11) is 0. The highest BCUT2D eigenvalue weighted by Gasteiger charge is 2.12. The minimum Gasteiger partial charge on any atom is -0.481 e. The summed E-state index contributed by atoms with van der Waals surface area (Å²) in [4.78, 5) is 25.6. The van der Waals surface area contributed by atoms with Crippen molar-refractivity contribution in [2.24, 2.45) is 0 Å². The number of carboxylic acid groups (broad SMARTS) is 2. The van der Waals surface area contributed by atoms with Gasteiger partial charge in [0.05, 0.1) is 12.8 Å². The normalized spacial score (nSPS) is 9.40. The predicted molar refractivity (Wildman–Crippen MR) is 48.9 cm³/mol. The highest BCUT2D eigenvalue weighted by atomic mass is 17.1. The van der Waals surface area contributed by atoms with Gasteiger partial charge in [0.2, 0.25) is 5.88 Å². The summed E-state index contributed by atoms with van der Waals surface area (Å²) in [6, 6.07) is 0. The van der Waals surface area contributed by atoms with E-state index in [1.54, 1.807) is 0 Å². The lowest BCUT2D eigenvalue weighted by atomic mass is 10.3. The summed E-state index contributed by atoms with van der Waals surface area (Å²) in [5.41, 5.74) is 0. The van der Waals surface area contributed by atoms with E-state index in [4.69, 9.17) is 15.5 Å². The number of hydrogen-bond donors (Lipinski definition) is 3. The summed E-state index contributed by atoms with van der Waals surface area (Å²) < 4.78 is 0. The predicted octanol–water partition coefficient (Wildman–Crippen LogP) is 0.199. The van der Waals surface area contributed by atoms with E-state index in [0.717, 1.165) is 0 Å². The van der Waals surface area contributed by atoms with Gasteiger partial charge in [-0.2, -0.15) is 0 Å². The Kier molecular flexibility index (Phi) is 5.88. The van der Waals surface area contributed by atoms with Crippen LogP contribution >= 0.6 is 0 Å². The smallest absolute Gasteiger partial charge is 0.305 e. The molecule has 0 spiro atoms. The summed E-state index contributed by atoms with van der Waals surface area (Å²) in [6.07, 6.45) is -0.385. The first-order valence-corrected chi connectivity index (χ1v) is 4.16. The third-order valence-electron chi connectivity index (χ3n) is 1.65. The molecule has 3 N–H and O–H groups in total. The van der Waals surface area contributed by atoms with Crippen LogP contribution in [0.1, 0.15) is 12.8 Å². The maximum absolute atomic E-state index is 10.3. The van der Waals surface area contributed by atoms with Crippen molar-refractivity contribution in [3.05, 3.63) is 12.5 Å². The summed E-state index contributed by atoms with van der Waals surface area (Å²) in [6.45, 7) is 3.36. The van der Waals surface area contributed by atoms with E-state index < -0.39 is 11.9 Å². The standard InChI is InChI=1S/C8H13NO6/c1-6(15-14)9(4-2-7(10)11)5-3-8(12)13/h14H,1-5H2,(H,10,11)(H,12,13). The fraction of sp³-hybridized carbons (Fsp3) is 0.500. The van der Waals surface area contributed by atoms with E-state index in [2.05, 4.69) is 11.5 Å². The summed E-state index contributed by atoms with van der Waals surface area (Å²) in [5.74, 6) is -2.22. The lowest BCUT2D eigenvalue weighted by Crippen LogP contribution is -2.28. The topological polar surface area (TPSA) is 107 Å². The number of rotatable bonds is 8. The highest BCUT2D eigenvalue weighted by Crippen LogP contribution is 2.04. The molecule has 7 nitrogen and oxygen atoms in total. The van der Waals surface area contributed by atoms with Crippen LogP contribution in [-0.4, -0.2) is 45.4 Å². The number of hydrogen-bond acceptors (Lipinski definition) is 5. The molecule has 0 rings (SSSR count). The Bertz CT molecular complexity index is 234. The SMILES string of the molecule is C=C(OO)N(CCC(=O)O)CCC(=O)O. The molecule has 0 radical (unpaired) electrons. The minimum absolute atomic E-state index is 0.0298. The molecule has 0 atom stereocenters. The number of aliphatic carboxylic acids is 2. The minimum atomic E-state index is -1.03. The van der Waals surface area contributed by atoms with E-state index in [0.29, 0.717) is 0 Å². The van der Waals surface area contributed by atoms with Gasteiger partial charge in [0.1, 0.15) is 0 Å². The Balaban J connectivity index is 4.12. The monoisotopic (exact) mass is 219 g/mol. The van der Waals surface area contributed by atoms with E-state index in [1.165, 1.54) is 4.90 Å². The second-order valence-corrected chi connectivity index (χ2v) is 2.76. The molecule has 0 bridgehead atoms. The molecule has 86 valence electrons. The molecule has 0 heterocycles. The van der Waals surface area contributed by atoms with Gasteiger partial charge in [0.15, 0.2) is 0 Å². The molecular formula is C8H13NO6. The van der Waals surface area contributed by atoms with Crippen molar-refractivity contribution in [1.82, 2.24) is 4.90 Å². The van der Waals surface area contributed by atoms with Gasteiger partial charge in [-0.25, -0.2) is 5.26 Å². The molecule has 0 unspecified atom stereocenters. The average Bonchev–Trinajstić information content (AvgIpc) is 2.16. The molecule has 0 amide bonds. The van der Waals surface area contributed by atoms with E-state index in [9.17, 15) is 9.59 Å². The largest absolute Gasteiger partial charge is 0.481 e. The summed E-state index contributed by atoms with van der Waals surface area (Å²) >= 11 is 0. The summed E-state index contributed by atoms with van der Waals surface area (Å²) in [5, 5.41) is 25.1. The Morgan fingerprint density at radius 2 is 1.53 bits per heavy atom. The van der Waals surface area contributed by atoms with Gasteiger partial charge < -0.3 is 20.0 Å². The molecule has 0 aliphatic carbocycles. The molecule has 0 aliphatic rings. The van der Waals surface area contributed by atoms with Crippen molar-refractivity contribution >= 4 is 11.9 Å². The average molecular weight is 219 g/mol. The Labute approximate surface area is 86.1 Å². The zero-order chi connectivity index (χ0) is 11.8. The third-order valence-corrected chi connectivity index (χ3v) is 1.65. The van der Waals surface area contributed by atoms with Crippen molar-refractivity contribution in [2.45, 2.75) is 12.8 Å². The zero-order valence-corrected chi connectivity index (χ0v) is 8.05. The molecule has 15 heavy (non-hydrogen) atoms. The first-order chi connectivity index (χ1) is 6.97. The van der Waals surface area contributed by atoms with Crippen LogP contribution in [0.3, 0.4) is 0 Å². The third kappa shape index (κ3) is 6.33. The van der Waals surface area contributed by atoms with Crippen LogP contribution < -0.4 is 0 Å².